The normalized spacial score (nSPS) is 19.1. The van der Waals surface area contributed by atoms with Crippen molar-refractivity contribution in [2.45, 2.75) is 53.6 Å². The highest BCUT2D eigenvalue weighted by atomic mass is 16.5. The van der Waals surface area contributed by atoms with E-state index in [1.165, 1.54) is 0 Å². The van der Waals surface area contributed by atoms with Gasteiger partial charge in [0.1, 0.15) is 11.5 Å². The van der Waals surface area contributed by atoms with Gasteiger partial charge in [-0.1, -0.05) is 36.4 Å². The number of hydrogen-bond donors (Lipinski definition) is 0. The summed E-state index contributed by atoms with van der Waals surface area (Å²) in [6.07, 6.45) is 3.96. The van der Waals surface area contributed by atoms with Gasteiger partial charge < -0.3 is 14.4 Å². The minimum absolute atomic E-state index is 0.173. The monoisotopic (exact) mass is 699 g/mol. The van der Waals surface area contributed by atoms with E-state index in [4.69, 9.17) is 19.4 Å². The van der Waals surface area contributed by atoms with Crippen LogP contribution in [0.2, 0.25) is 0 Å². The van der Waals surface area contributed by atoms with Gasteiger partial charge in [-0.25, -0.2) is 4.98 Å². The number of hydrogen-bond acceptors (Lipinski definition) is 8. The maximum Gasteiger partial charge on any atom is 0.219 e. The predicted molar refractivity (Wildman–Crippen MR) is 202 cm³/mol. The molecule has 1 amide bonds. The van der Waals surface area contributed by atoms with Crippen molar-refractivity contribution >= 4 is 11.7 Å². The Hall–Kier alpha value is -4.60. The van der Waals surface area contributed by atoms with E-state index in [0.29, 0.717) is 17.1 Å². The van der Waals surface area contributed by atoms with E-state index >= 15 is 0 Å². The fraction of sp³-hybridized carbons (Fsp3) is 0.442. The Morgan fingerprint density at radius 1 is 0.769 bits per heavy atom. The second-order valence-corrected chi connectivity index (χ2v) is 16.1. The summed E-state index contributed by atoms with van der Waals surface area (Å²) in [6, 6.07) is 19.2. The molecule has 270 valence electrons. The van der Waals surface area contributed by atoms with Gasteiger partial charge in [0.05, 0.1) is 25.6 Å². The zero-order chi connectivity index (χ0) is 36.4. The molecule has 8 rings (SSSR count). The van der Waals surface area contributed by atoms with Crippen LogP contribution in [0.25, 0.3) is 33.6 Å². The number of ether oxygens (including phenoxy) is 2. The van der Waals surface area contributed by atoms with Crippen LogP contribution in [0.15, 0.2) is 60.8 Å². The Labute approximate surface area is 307 Å². The van der Waals surface area contributed by atoms with Gasteiger partial charge in [-0.2, -0.15) is 0 Å². The highest BCUT2D eigenvalue weighted by Gasteiger charge is 2.53. The van der Waals surface area contributed by atoms with Gasteiger partial charge in [-0.3, -0.25) is 24.4 Å². The molecule has 52 heavy (non-hydrogen) atoms. The summed E-state index contributed by atoms with van der Waals surface area (Å²) in [5.41, 5.74) is 11.3. The van der Waals surface area contributed by atoms with Crippen molar-refractivity contribution in [2.24, 2.45) is 16.7 Å². The van der Waals surface area contributed by atoms with Crippen molar-refractivity contribution in [2.75, 3.05) is 53.5 Å². The summed E-state index contributed by atoms with van der Waals surface area (Å²) >= 11 is 0. The maximum atomic E-state index is 11.7. The van der Waals surface area contributed by atoms with Crippen LogP contribution in [0.4, 0.5) is 0 Å². The number of methoxy groups -OCH3 is 2. The summed E-state index contributed by atoms with van der Waals surface area (Å²) in [7, 11) is 3.43. The van der Waals surface area contributed by atoms with E-state index in [9.17, 15) is 9.59 Å². The lowest BCUT2D eigenvalue weighted by molar-refractivity contribution is -0.157. The van der Waals surface area contributed by atoms with Crippen molar-refractivity contribution in [1.82, 2.24) is 24.7 Å². The van der Waals surface area contributed by atoms with Crippen LogP contribution in [0.5, 0.6) is 11.6 Å². The molecule has 0 atom stereocenters. The number of nitrogens with zero attached hydrogens (tertiary/aromatic N) is 5. The molecule has 0 N–H and O–H groups in total. The zero-order valence-corrected chi connectivity index (χ0v) is 31.3. The molecular formula is C43H49N5O4. The minimum atomic E-state index is 0.173. The molecule has 0 radical (unpaired) electrons. The number of carbonyl (C=O) groups excluding carboxylic acids is 2. The Kier molecular flexibility index (Phi) is 8.70. The molecule has 4 fully saturated rings. The molecule has 1 saturated carbocycles. The molecule has 2 aromatic carbocycles. The number of aromatic nitrogens is 2. The van der Waals surface area contributed by atoms with Crippen molar-refractivity contribution in [3.05, 3.63) is 83.0 Å². The van der Waals surface area contributed by atoms with Crippen LogP contribution in [0.3, 0.4) is 0 Å². The van der Waals surface area contributed by atoms with Gasteiger partial charge >= 0.3 is 0 Å². The van der Waals surface area contributed by atoms with E-state index in [0.717, 1.165) is 127 Å². The van der Waals surface area contributed by atoms with Crippen LogP contribution in [0, 0.1) is 30.6 Å². The highest BCUT2D eigenvalue weighted by molar-refractivity contribution is 5.82. The largest absolute Gasteiger partial charge is 0.496 e. The second-order valence-electron chi connectivity index (χ2n) is 16.1. The molecule has 4 aliphatic rings. The van der Waals surface area contributed by atoms with Gasteiger partial charge in [0, 0.05) is 99.1 Å². The van der Waals surface area contributed by atoms with E-state index in [2.05, 4.69) is 78.2 Å². The number of ketones is 1. The molecule has 4 aromatic rings. The highest BCUT2D eigenvalue weighted by Crippen LogP contribution is 2.52. The Morgan fingerprint density at radius 2 is 1.42 bits per heavy atom. The van der Waals surface area contributed by atoms with Gasteiger partial charge in [0.2, 0.25) is 11.8 Å². The molecule has 5 heterocycles. The summed E-state index contributed by atoms with van der Waals surface area (Å²) in [5, 5.41) is 0. The third-order valence-corrected chi connectivity index (χ3v) is 12.3. The third-order valence-electron chi connectivity index (χ3n) is 12.3. The molecule has 2 spiro atoms. The maximum absolute atomic E-state index is 11.7. The minimum Gasteiger partial charge on any atom is -0.496 e. The van der Waals surface area contributed by atoms with E-state index in [-0.39, 0.29) is 17.2 Å². The van der Waals surface area contributed by atoms with Crippen LogP contribution >= 0.6 is 0 Å². The van der Waals surface area contributed by atoms with Crippen molar-refractivity contribution < 1.29 is 19.1 Å². The van der Waals surface area contributed by atoms with Gasteiger partial charge in [-0.15, -0.1) is 0 Å². The molecular weight excluding hydrogens is 651 g/mol. The molecule has 2 aromatic heterocycles. The molecule has 3 aliphatic heterocycles. The number of benzene rings is 2. The standard InChI is InChI=1S/C43H49N5O4/c1-27-35(8-7-9-37(27)38-13-12-33(41(45-38)52-6)20-47-21-42(22-47)17-34(18-42)29(3)49)36-14-15-44-40(28(36)2)31-10-11-32(39(16-31)51-5)19-46-23-43(24-46)25-48(26-43)30(4)50/h7-16,34H,17-26H2,1-6H3. The molecule has 9 nitrogen and oxygen atoms in total. The summed E-state index contributed by atoms with van der Waals surface area (Å²) < 4.78 is 11.7. The number of pyridine rings is 2. The smallest absolute Gasteiger partial charge is 0.219 e. The SMILES string of the molecule is COc1cc(-c2nccc(-c3cccc(-c4ccc(CN5CC6(CC(C(C)=O)C6)C5)c(OC)n4)c3C)c2C)ccc1CN1CC2(C1)CN(C(C)=O)C2. The Morgan fingerprint density at radius 3 is 2.10 bits per heavy atom. The van der Waals surface area contributed by atoms with Crippen LogP contribution in [0.1, 0.15) is 48.9 Å². The predicted octanol–water partition coefficient (Wildman–Crippen LogP) is 6.58. The number of carbonyl (C=O) groups is 2. The lowest BCUT2D eigenvalue weighted by atomic mass is 9.57. The first-order valence-corrected chi connectivity index (χ1v) is 18.5. The average Bonchev–Trinajstić information content (AvgIpc) is 3.06. The zero-order valence-electron chi connectivity index (χ0n) is 31.3. The quantitative estimate of drug-likeness (QED) is 0.184. The first-order valence-electron chi connectivity index (χ1n) is 18.5. The Balaban J connectivity index is 0.982. The van der Waals surface area contributed by atoms with Crippen molar-refractivity contribution in [3.8, 4) is 45.3 Å². The van der Waals surface area contributed by atoms with Gasteiger partial charge in [-0.05, 0) is 79.5 Å². The topological polar surface area (TPSA) is 88.1 Å². The molecule has 0 bridgehead atoms. The van der Waals surface area contributed by atoms with E-state index < -0.39 is 0 Å². The lowest BCUT2D eigenvalue weighted by Crippen LogP contribution is -2.72. The fourth-order valence-electron chi connectivity index (χ4n) is 9.49. The third kappa shape index (κ3) is 6.07. The van der Waals surface area contributed by atoms with Crippen molar-refractivity contribution in [3.63, 3.8) is 0 Å². The van der Waals surface area contributed by atoms with E-state index in [1.807, 2.05) is 11.1 Å². The second kappa shape index (κ2) is 13.1. The molecule has 0 unspecified atom stereocenters. The van der Waals surface area contributed by atoms with Crippen LogP contribution in [-0.4, -0.2) is 89.8 Å². The van der Waals surface area contributed by atoms with Gasteiger partial charge in [0.25, 0.3) is 0 Å². The Bertz CT molecular complexity index is 1900. The summed E-state index contributed by atoms with van der Waals surface area (Å²) in [5.74, 6) is 2.30. The first kappa shape index (κ1) is 34.5. The summed E-state index contributed by atoms with van der Waals surface area (Å²) in [6.45, 7) is 15.2. The van der Waals surface area contributed by atoms with Gasteiger partial charge in [0.15, 0.2) is 0 Å². The number of Topliss-reactive ketones (excluding diaryl/α,β-unsaturated/α-hetero) is 1. The van der Waals surface area contributed by atoms with E-state index in [1.54, 1.807) is 28.1 Å². The molecule has 3 saturated heterocycles. The van der Waals surface area contributed by atoms with Crippen LogP contribution in [-0.2, 0) is 22.7 Å². The average molecular weight is 700 g/mol. The molecule has 9 heteroatoms. The lowest BCUT2D eigenvalue weighted by Gasteiger charge is -2.60. The van der Waals surface area contributed by atoms with Crippen LogP contribution < -0.4 is 9.47 Å². The first-order chi connectivity index (χ1) is 25.0. The number of rotatable bonds is 10. The molecule has 1 aliphatic carbocycles. The fourth-order valence-corrected chi connectivity index (χ4v) is 9.49. The summed E-state index contributed by atoms with van der Waals surface area (Å²) in [4.78, 5) is 40.1. The number of likely N-dealkylation sites (tertiary alicyclic amines) is 3. The van der Waals surface area contributed by atoms with Crippen molar-refractivity contribution in [1.29, 1.82) is 0 Å². The number of amides is 1.